The van der Waals surface area contributed by atoms with Crippen LogP contribution in [-0.2, 0) is 11.2 Å². The normalized spacial score (nSPS) is 15.2. The van der Waals surface area contributed by atoms with Gasteiger partial charge in [0.25, 0.3) is 0 Å². The van der Waals surface area contributed by atoms with Crippen LogP contribution in [0.4, 0.5) is 17.3 Å². The quantitative estimate of drug-likeness (QED) is 0.815. The van der Waals surface area contributed by atoms with E-state index in [4.69, 9.17) is 4.74 Å². The summed E-state index contributed by atoms with van der Waals surface area (Å²) in [5.41, 5.74) is 2.37. The van der Waals surface area contributed by atoms with E-state index in [0.717, 1.165) is 63.1 Å². The highest BCUT2D eigenvalue weighted by atomic mass is 16.5. The molecule has 2 heterocycles. The van der Waals surface area contributed by atoms with E-state index < -0.39 is 0 Å². The Hall–Kier alpha value is -2.18. The second kappa shape index (κ2) is 8.61. The molecule has 0 saturated carbocycles. The molecule has 0 amide bonds. The highest BCUT2D eigenvalue weighted by Crippen LogP contribution is 2.20. The van der Waals surface area contributed by atoms with Crippen molar-refractivity contribution in [3.63, 3.8) is 0 Å². The molecule has 1 fully saturated rings. The first-order valence-electron chi connectivity index (χ1n) is 8.56. The number of ether oxygens (including phenoxy) is 1. The number of rotatable bonds is 7. The summed E-state index contributed by atoms with van der Waals surface area (Å²) in [6, 6.07) is 10.2. The average Bonchev–Trinajstić information content (AvgIpc) is 2.63. The van der Waals surface area contributed by atoms with Crippen LogP contribution < -0.4 is 10.6 Å². The summed E-state index contributed by atoms with van der Waals surface area (Å²) in [4.78, 5) is 11.0. The first-order valence-corrected chi connectivity index (χ1v) is 8.56. The minimum atomic E-state index is 0.805. The number of morpholine rings is 1. The number of aromatic nitrogens is 2. The van der Waals surface area contributed by atoms with Crippen LogP contribution in [0.3, 0.4) is 0 Å². The predicted octanol–water partition coefficient (Wildman–Crippen LogP) is 2.53. The van der Waals surface area contributed by atoms with Gasteiger partial charge in [-0.1, -0.05) is 25.1 Å². The third-order valence-electron chi connectivity index (χ3n) is 4.17. The Bertz CT molecular complexity index is 643. The van der Waals surface area contributed by atoms with E-state index in [0.29, 0.717) is 0 Å². The largest absolute Gasteiger partial charge is 0.379 e. The average molecular weight is 327 g/mol. The number of para-hydroxylation sites is 1. The maximum Gasteiger partial charge on any atom is 0.135 e. The second-order valence-electron chi connectivity index (χ2n) is 5.80. The number of nitrogens with zero attached hydrogens (tertiary/aromatic N) is 3. The molecule has 0 bridgehead atoms. The molecular weight excluding hydrogens is 302 g/mol. The molecule has 0 aliphatic carbocycles. The minimum absolute atomic E-state index is 0.805. The van der Waals surface area contributed by atoms with Gasteiger partial charge in [-0.3, -0.25) is 4.90 Å². The van der Waals surface area contributed by atoms with Crippen molar-refractivity contribution in [1.82, 2.24) is 14.9 Å². The van der Waals surface area contributed by atoms with Gasteiger partial charge in [-0.25, -0.2) is 9.97 Å². The lowest BCUT2D eigenvalue weighted by molar-refractivity contribution is 0.0398. The van der Waals surface area contributed by atoms with E-state index in [1.54, 1.807) is 6.33 Å². The smallest absolute Gasteiger partial charge is 0.135 e. The summed E-state index contributed by atoms with van der Waals surface area (Å²) in [5, 5.41) is 6.76. The van der Waals surface area contributed by atoms with Gasteiger partial charge in [0, 0.05) is 37.9 Å². The Morgan fingerprint density at radius 3 is 2.75 bits per heavy atom. The number of hydrogen-bond acceptors (Lipinski definition) is 6. The summed E-state index contributed by atoms with van der Waals surface area (Å²) < 4.78 is 5.36. The summed E-state index contributed by atoms with van der Waals surface area (Å²) in [6.45, 7) is 7.69. The lowest BCUT2D eigenvalue weighted by Crippen LogP contribution is -2.39. The van der Waals surface area contributed by atoms with E-state index in [1.165, 1.54) is 5.56 Å². The molecule has 0 unspecified atom stereocenters. The molecule has 128 valence electrons. The summed E-state index contributed by atoms with van der Waals surface area (Å²) in [6.07, 6.45) is 2.58. The van der Waals surface area contributed by atoms with Gasteiger partial charge >= 0.3 is 0 Å². The van der Waals surface area contributed by atoms with Crippen LogP contribution in [0.1, 0.15) is 12.5 Å². The lowest BCUT2D eigenvalue weighted by atomic mass is 10.1. The van der Waals surface area contributed by atoms with E-state index >= 15 is 0 Å². The van der Waals surface area contributed by atoms with Crippen LogP contribution in [0.5, 0.6) is 0 Å². The molecule has 6 heteroatoms. The highest BCUT2D eigenvalue weighted by Gasteiger charge is 2.09. The topological polar surface area (TPSA) is 62.3 Å². The van der Waals surface area contributed by atoms with Crippen LogP contribution in [-0.4, -0.2) is 54.3 Å². The van der Waals surface area contributed by atoms with Crippen molar-refractivity contribution in [2.75, 3.05) is 50.0 Å². The van der Waals surface area contributed by atoms with Gasteiger partial charge in [-0.15, -0.1) is 0 Å². The fourth-order valence-electron chi connectivity index (χ4n) is 2.78. The number of anilines is 3. The van der Waals surface area contributed by atoms with Gasteiger partial charge in [0.05, 0.1) is 13.2 Å². The first-order chi connectivity index (χ1) is 11.8. The SMILES string of the molecule is CCc1ccccc1Nc1cc(NCCN2CCOCC2)ncn1. The fraction of sp³-hybridized carbons (Fsp3) is 0.444. The number of hydrogen-bond donors (Lipinski definition) is 2. The molecule has 24 heavy (non-hydrogen) atoms. The first kappa shape index (κ1) is 16.7. The van der Waals surface area contributed by atoms with Gasteiger partial charge < -0.3 is 15.4 Å². The maximum absolute atomic E-state index is 5.36. The molecule has 2 N–H and O–H groups in total. The molecule has 1 aromatic heterocycles. The van der Waals surface area contributed by atoms with Gasteiger partial charge in [-0.05, 0) is 18.1 Å². The molecule has 0 spiro atoms. The Labute approximate surface area is 143 Å². The van der Waals surface area contributed by atoms with Gasteiger partial charge in [0.1, 0.15) is 18.0 Å². The van der Waals surface area contributed by atoms with Crippen molar-refractivity contribution in [3.05, 3.63) is 42.2 Å². The number of benzene rings is 1. The highest BCUT2D eigenvalue weighted by molar-refractivity contribution is 5.62. The van der Waals surface area contributed by atoms with Crippen LogP contribution in [0, 0.1) is 0 Å². The van der Waals surface area contributed by atoms with Gasteiger partial charge in [0.2, 0.25) is 0 Å². The Morgan fingerprint density at radius 2 is 1.92 bits per heavy atom. The number of nitrogens with one attached hydrogen (secondary N) is 2. The number of aryl methyl sites for hydroxylation is 1. The van der Waals surface area contributed by atoms with E-state index in [9.17, 15) is 0 Å². The summed E-state index contributed by atoms with van der Waals surface area (Å²) in [5.74, 6) is 1.65. The minimum Gasteiger partial charge on any atom is -0.379 e. The van der Waals surface area contributed by atoms with Crippen molar-refractivity contribution in [2.45, 2.75) is 13.3 Å². The van der Waals surface area contributed by atoms with E-state index in [-0.39, 0.29) is 0 Å². The van der Waals surface area contributed by atoms with Crippen molar-refractivity contribution in [1.29, 1.82) is 0 Å². The van der Waals surface area contributed by atoms with Gasteiger partial charge in [-0.2, -0.15) is 0 Å². The van der Waals surface area contributed by atoms with Crippen molar-refractivity contribution in [3.8, 4) is 0 Å². The van der Waals surface area contributed by atoms with Crippen LogP contribution >= 0.6 is 0 Å². The van der Waals surface area contributed by atoms with Crippen LogP contribution in [0.2, 0.25) is 0 Å². The van der Waals surface area contributed by atoms with Crippen LogP contribution in [0.15, 0.2) is 36.7 Å². The van der Waals surface area contributed by atoms with E-state index in [2.05, 4.69) is 50.6 Å². The van der Waals surface area contributed by atoms with Crippen molar-refractivity contribution < 1.29 is 4.74 Å². The Kier molecular flexibility index (Phi) is 5.98. The van der Waals surface area contributed by atoms with Crippen LogP contribution in [0.25, 0.3) is 0 Å². The molecule has 0 radical (unpaired) electrons. The predicted molar refractivity (Wildman–Crippen MR) is 96.9 cm³/mol. The zero-order valence-corrected chi connectivity index (χ0v) is 14.2. The lowest BCUT2D eigenvalue weighted by Gasteiger charge is -2.26. The Balaban J connectivity index is 1.55. The Morgan fingerprint density at radius 1 is 1.12 bits per heavy atom. The molecule has 0 atom stereocenters. The molecule has 1 aliphatic rings. The molecule has 1 saturated heterocycles. The summed E-state index contributed by atoms with van der Waals surface area (Å²) >= 11 is 0. The van der Waals surface area contributed by atoms with Gasteiger partial charge in [0.15, 0.2) is 0 Å². The fourth-order valence-corrected chi connectivity index (χ4v) is 2.78. The third-order valence-corrected chi connectivity index (χ3v) is 4.17. The third kappa shape index (κ3) is 4.66. The molecule has 2 aromatic rings. The molecule has 3 rings (SSSR count). The zero-order valence-electron chi connectivity index (χ0n) is 14.2. The maximum atomic E-state index is 5.36. The molecular formula is C18H25N5O. The van der Waals surface area contributed by atoms with Crippen molar-refractivity contribution in [2.24, 2.45) is 0 Å². The zero-order chi connectivity index (χ0) is 16.6. The monoisotopic (exact) mass is 327 g/mol. The summed E-state index contributed by atoms with van der Waals surface area (Å²) in [7, 11) is 0. The molecule has 1 aliphatic heterocycles. The molecule has 1 aromatic carbocycles. The second-order valence-corrected chi connectivity index (χ2v) is 5.80. The van der Waals surface area contributed by atoms with E-state index in [1.807, 2.05) is 12.1 Å². The molecule has 6 nitrogen and oxygen atoms in total. The van der Waals surface area contributed by atoms with Crippen molar-refractivity contribution >= 4 is 17.3 Å². The standard InChI is InChI=1S/C18H25N5O/c1-2-15-5-3-4-6-16(15)22-18-13-17(20-14-21-18)19-7-8-23-9-11-24-12-10-23/h3-6,13-14H,2,7-12H2,1H3,(H2,19,20,21,22).